The number of nitrogens with zero attached hydrogens (tertiary/aromatic N) is 4. The van der Waals surface area contributed by atoms with Gasteiger partial charge in [-0.1, -0.05) is 35.5 Å². The maximum atomic E-state index is 13.5. The molecule has 1 saturated heterocycles. The Morgan fingerprint density at radius 2 is 1.82 bits per heavy atom. The van der Waals surface area contributed by atoms with Gasteiger partial charge in [-0.25, -0.2) is 14.0 Å². The number of hydrogen-bond acceptors (Lipinski definition) is 7. The summed E-state index contributed by atoms with van der Waals surface area (Å²) in [5.74, 6) is -0.671. The van der Waals surface area contributed by atoms with Crippen molar-refractivity contribution < 1.29 is 33.8 Å². The van der Waals surface area contributed by atoms with Gasteiger partial charge in [0.1, 0.15) is 36.4 Å². The van der Waals surface area contributed by atoms with Crippen LogP contribution < -0.4 is 0 Å². The van der Waals surface area contributed by atoms with E-state index < -0.39 is 45.9 Å². The zero-order valence-corrected chi connectivity index (χ0v) is 19.9. The van der Waals surface area contributed by atoms with Crippen LogP contribution >= 0.6 is 0 Å². The van der Waals surface area contributed by atoms with Gasteiger partial charge in [0, 0.05) is 7.11 Å². The number of likely N-dealkylation sites (tertiary alicyclic amines) is 1. The molecule has 1 amide bonds. The summed E-state index contributed by atoms with van der Waals surface area (Å²) in [6, 6.07) is 7.34. The van der Waals surface area contributed by atoms with E-state index in [4.69, 9.17) is 9.47 Å². The summed E-state index contributed by atoms with van der Waals surface area (Å²) in [5.41, 5.74) is -0.984. The largest absolute Gasteiger partial charge is 0.514 e. The second-order valence-corrected chi connectivity index (χ2v) is 9.93. The highest BCUT2D eigenvalue weighted by atomic mass is 16.5. The second kappa shape index (κ2) is 8.85. The van der Waals surface area contributed by atoms with E-state index in [0.29, 0.717) is 5.69 Å². The molecule has 2 N–H and O–H groups in total. The third-order valence-corrected chi connectivity index (χ3v) is 6.43. The maximum Gasteiger partial charge on any atom is 0.514 e. The molecule has 180 valence electrons. The van der Waals surface area contributed by atoms with E-state index in [-0.39, 0.29) is 13.2 Å². The van der Waals surface area contributed by atoms with E-state index in [9.17, 15) is 19.8 Å². The molecule has 4 atom stereocenters. The zero-order chi connectivity index (χ0) is 24.6. The summed E-state index contributed by atoms with van der Waals surface area (Å²) in [6.45, 7) is 8.50. The number of amides is 1. The van der Waals surface area contributed by atoms with Crippen LogP contribution in [0.4, 0.5) is 4.79 Å². The smallest absolute Gasteiger partial charge is 0.456 e. The van der Waals surface area contributed by atoms with Crippen LogP contribution in [0, 0.1) is 0 Å². The lowest BCUT2D eigenvalue weighted by Crippen LogP contribution is -2.69. The van der Waals surface area contributed by atoms with Crippen molar-refractivity contribution in [3.8, 4) is 0 Å². The SMILES string of the molecule is CO[C@H]1[C@H](n2nncc2C(C)(C)O)C[N+](C(=O)O)(C(C)(C)C)[C@@H]1C(=O)OCc1ccccc1. The van der Waals surface area contributed by atoms with E-state index in [1.165, 1.54) is 18.0 Å². The summed E-state index contributed by atoms with van der Waals surface area (Å²) < 4.78 is 12.2. The molecule has 1 aromatic heterocycles. The molecule has 0 spiro atoms. The molecule has 0 bridgehead atoms. The fourth-order valence-corrected chi connectivity index (χ4v) is 4.71. The number of benzene rings is 1. The first kappa shape index (κ1) is 24.8. The Morgan fingerprint density at radius 1 is 1.18 bits per heavy atom. The molecule has 33 heavy (non-hydrogen) atoms. The summed E-state index contributed by atoms with van der Waals surface area (Å²) in [5, 5.41) is 29.1. The van der Waals surface area contributed by atoms with E-state index in [2.05, 4.69) is 10.3 Å². The molecular formula is C23H33N4O6+. The third kappa shape index (κ3) is 4.38. The van der Waals surface area contributed by atoms with Gasteiger partial charge in [-0.15, -0.1) is 5.10 Å². The predicted octanol–water partition coefficient (Wildman–Crippen LogP) is 2.48. The van der Waals surface area contributed by atoms with Gasteiger partial charge in [0.05, 0.1) is 11.9 Å². The van der Waals surface area contributed by atoms with Crippen LogP contribution in [0.2, 0.25) is 0 Å². The average molecular weight is 462 g/mol. The van der Waals surface area contributed by atoms with Crippen molar-refractivity contribution in [3.63, 3.8) is 0 Å². The number of hydrogen-bond donors (Lipinski definition) is 2. The van der Waals surface area contributed by atoms with Crippen molar-refractivity contribution in [2.75, 3.05) is 13.7 Å². The molecule has 0 aliphatic carbocycles. The van der Waals surface area contributed by atoms with Crippen molar-refractivity contribution in [2.45, 2.75) is 70.6 Å². The molecule has 10 nitrogen and oxygen atoms in total. The summed E-state index contributed by atoms with van der Waals surface area (Å²) in [6.07, 6.45) is -0.620. The summed E-state index contributed by atoms with van der Waals surface area (Å²) in [7, 11) is 1.43. The molecule has 2 heterocycles. The third-order valence-electron chi connectivity index (χ3n) is 6.43. The summed E-state index contributed by atoms with van der Waals surface area (Å²) >= 11 is 0. The van der Waals surface area contributed by atoms with Crippen LogP contribution in [0.3, 0.4) is 0 Å². The molecular weight excluding hydrogens is 428 g/mol. The maximum absolute atomic E-state index is 13.5. The van der Waals surface area contributed by atoms with Gasteiger partial charge in [0.2, 0.25) is 6.04 Å². The molecule has 0 saturated carbocycles. The molecule has 2 aromatic rings. The number of carbonyl (C=O) groups excluding carboxylic acids is 1. The van der Waals surface area contributed by atoms with Gasteiger partial charge in [0.25, 0.3) is 0 Å². The lowest BCUT2D eigenvalue weighted by molar-refractivity contribution is -0.909. The number of carbonyl (C=O) groups is 2. The fraction of sp³-hybridized carbons (Fsp3) is 0.565. The standard InChI is InChI=1S/C23H32N4O6/c1-22(2,3)27(21(29)30)13-16(26-17(12-24-25-26)23(4,5)31)19(32-6)18(27)20(28)33-14-15-10-8-7-9-11-15/h7-12,16,18-19,31H,13-14H2,1-6H3/p+1/t16-,18+,19+,27?/m1/s1. The first-order valence-electron chi connectivity index (χ1n) is 10.8. The Hall–Kier alpha value is -2.82. The van der Waals surface area contributed by atoms with Gasteiger partial charge in [0.15, 0.2) is 0 Å². The molecule has 3 rings (SSSR count). The molecule has 1 aromatic carbocycles. The van der Waals surface area contributed by atoms with Crippen LogP contribution in [-0.2, 0) is 26.5 Å². The quantitative estimate of drug-likeness (QED) is 0.497. The second-order valence-electron chi connectivity index (χ2n) is 9.93. The summed E-state index contributed by atoms with van der Waals surface area (Å²) in [4.78, 5) is 26.3. The molecule has 1 fully saturated rings. The Labute approximate surface area is 193 Å². The topological polar surface area (TPSA) is 124 Å². The van der Waals surface area contributed by atoms with Crippen molar-refractivity contribution in [3.05, 3.63) is 47.8 Å². The average Bonchev–Trinajstić information content (AvgIpc) is 3.35. The highest BCUT2D eigenvalue weighted by molar-refractivity contribution is 5.78. The Morgan fingerprint density at radius 3 is 2.33 bits per heavy atom. The number of ether oxygens (including phenoxy) is 2. The number of aliphatic hydroxyl groups is 1. The lowest BCUT2D eigenvalue weighted by atomic mass is 9.99. The highest BCUT2D eigenvalue weighted by Crippen LogP contribution is 2.44. The monoisotopic (exact) mass is 461 g/mol. The van der Waals surface area contributed by atoms with Crippen LogP contribution in [0.25, 0.3) is 0 Å². The number of carboxylic acid groups (broad SMARTS) is 1. The molecule has 1 aliphatic heterocycles. The zero-order valence-electron chi connectivity index (χ0n) is 19.9. The number of rotatable bonds is 6. The molecule has 1 aliphatic rings. The fourth-order valence-electron chi connectivity index (χ4n) is 4.71. The minimum absolute atomic E-state index is 0.00508. The lowest BCUT2D eigenvalue weighted by Gasteiger charge is -2.43. The van der Waals surface area contributed by atoms with Crippen molar-refractivity contribution in [1.82, 2.24) is 15.0 Å². The number of quaternary nitrogens is 1. The van der Waals surface area contributed by atoms with Gasteiger partial charge in [-0.05, 0) is 40.2 Å². The van der Waals surface area contributed by atoms with Gasteiger partial charge < -0.3 is 19.7 Å². The van der Waals surface area contributed by atoms with E-state index >= 15 is 0 Å². The molecule has 0 radical (unpaired) electrons. The first-order chi connectivity index (χ1) is 15.3. The van der Waals surface area contributed by atoms with E-state index in [0.717, 1.165) is 5.56 Å². The Bertz CT molecular complexity index is 994. The Balaban J connectivity index is 2.08. The molecule has 1 unspecified atom stereocenters. The normalized spacial score (nSPS) is 25.7. The first-order valence-corrected chi connectivity index (χ1v) is 10.8. The van der Waals surface area contributed by atoms with Crippen LogP contribution in [0.15, 0.2) is 36.5 Å². The van der Waals surface area contributed by atoms with Gasteiger partial charge >= 0.3 is 12.1 Å². The highest BCUT2D eigenvalue weighted by Gasteiger charge is 2.68. The van der Waals surface area contributed by atoms with Crippen molar-refractivity contribution >= 4 is 12.1 Å². The minimum Gasteiger partial charge on any atom is -0.456 e. The molecule has 10 heteroatoms. The van der Waals surface area contributed by atoms with Gasteiger partial charge in [-0.2, -0.15) is 4.79 Å². The van der Waals surface area contributed by atoms with Gasteiger partial charge in [-0.3, -0.25) is 0 Å². The van der Waals surface area contributed by atoms with Crippen LogP contribution in [-0.4, -0.2) is 73.1 Å². The van der Waals surface area contributed by atoms with Crippen molar-refractivity contribution in [1.29, 1.82) is 0 Å². The van der Waals surface area contributed by atoms with E-state index in [1.54, 1.807) is 34.6 Å². The van der Waals surface area contributed by atoms with Crippen LogP contribution in [0.1, 0.15) is 51.9 Å². The minimum atomic E-state index is -1.28. The Kier molecular flexibility index (Phi) is 6.65. The number of esters is 1. The van der Waals surface area contributed by atoms with Crippen LogP contribution in [0.5, 0.6) is 0 Å². The van der Waals surface area contributed by atoms with Crippen molar-refractivity contribution in [2.24, 2.45) is 0 Å². The van der Waals surface area contributed by atoms with E-state index in [1.807, 2.05) is 30.3 Å². The number of aromatic nitrogens is 3. The number of methoxy groups -OCH3 is 1. The predicted molar refractivity (Wildman–Crippen MR) is 118 cm³/mol.